The topological polar surface area (TPSA) is 75.9 Å². The van der Waals surface area contributed by atoms with E-state index in [0.29, 0.717) is 37.8 Å². The number of hydrogen-bond donors (Lipinski definition) is 1. The quantitative estimate of drug-likeness (QED) is 0.803. The summed E-state index contributed by atoms with van der Waals surface area (Å²) >= 11 is 5.82. The first-order valence-corrected chi connectivity index (χ1v) is 8.47. The molecule has 2 rings (SSSR count). The fourth-order valence-electron chi connectivity index (χ4n) is 2.70. The second kappa shape index (κ2) is 8.89. The van der Waals surface area contributed by atoms with Crippen LogP contribution < -0.4 is 10.5 Å². The predicted molar refractivity (Wildman–Crippen MR) is 92.9 cm³/mol. The van der Waals surface area contributed by atoms with Crippen molar-refractivity contribution in [1.82, 2.24) is 9.80 Å². The van der Waals surface area contributed by atoms with Gasteiger partial charge in [0.2, 0.25) is 11.8 Å². The minimum absolute atomic E-state index is 0.0231. The molecule has 132 valence electrons. The average Bonchev–Trinajstić information content (AvgIpc) is 2.56. The van der Waals surface area contributed by atoms with Crippen molar-refractivity contribution < 1.29 is 14.3 Å². The molecule has 0 aliphatic carbocycles. The van der Waals surface area contributed by atoms with Crippen LogP contribution in [0.4, 0.5) is 0 Å². The van der Waals surface area contributed by atoms with E-state index in [-0.39, 0.29) is 17.7 Å². The Morgan fingerprint density at radius 1 is 1.38 bits per heavy atom. The van der Waals surface area contributed by atoms with E-state index in [9.17, 15) is 9.59 Å². The second-order valence-electron chi connectivity index (χ2n) is 6.12. The van der Waals surface area contributed by atoms with E-state index in [1.807, 2.05) is 24.1 Å². The fourth-order valence-corrected chi connectivity index (χ4v) is 2.82. The molecule has 1 aromatic rings. The number of ether oxygens (including phenoxy) is 1. The maximum atomic E-state index is 12.3. The highest BCUT2D eigenvalue weighted by Gasteiger charge is 2.27. The molecule has 0 aromatic heterocycles. The van der Waals surface area contributed by atoms with Crippen molar-refractivity contribution in [2.24, 2.45) is 11.7 Å². The summed E-state index contributed by atoms with van der Waals surface area (Å²) in [5.41, 5.74) is 5.35. The Kier molecular flexibility index (Phi) is 6.87. The summed E-state index contributed by atoms with van der Waals surface area (Å²) < 4.78 is 5.62. The molecule has 2 N–H and O–H groups in total. The zero-order chi connectivity index (χ0) is 17.5. The lowest BCUT2D eigenvalue weighted by atomic mass is 9.97. The smallest absolute Gasteiger partial charge is 0.236 e. The molecule has 6 nitrogen and oxygen atoms in total. The normalized spacial score (nSPS) is 17.8. The van der Waals surface area contributed by atoms with Gasteiger partial charge in [0.05, 0.1) is 12.5 Å². The summed E-state index contributed by atoms with van der Waals surface area (Å²) in [6.45, 7) is 2.53. The highest BCUT2D eigenvalue weighted by atomic mass is 35.5. The summed E-state index contributed by atoms with van der Waals surface area (Å²) in [7, 11) is 1.87. The van der Waals surface area contributed by atoms with Crippen molar-refractivity contribution in [3.05, 3.63) is 29.3 Å². The Labute approximate surface area is 147 Å². The van der Waals surface area contributed by atoms with Gasteiger partial charge in [-0.15, -0.1) is 0 Å². The molecule has 1 unspecified atom stereocenters. The van der Waals surface area contributed by atoms with Crippen LogP contribution in [0.25, 0.3) is 0 Å². The van der Waals surface area contributed by atoms with E-state index in [2.05, 4.69) is 0 Å². The summed E-state index contributed by atoms with van der Waals surface area (Å²) in [4.78, 5) is 27.3. The minimum atomic E-state index is -0.322. The zero-order valence-electron chi connectivity index (χ0n) is 13.9. The van der Waals surface area contributed by atoms with Gasteiger partial charge in [0.15, 0.2) is 0 Å². The van der Waals surface area contributed by atoms with Gasteiger partial charge in [0.25, 0.3) is 0 Å². The SMILES string of the molecule is CN(CCOc1ccc(Cl)cc1)CC(=O)N1CCCC(C(N)=O)C1. The van der Waals surface area contributed by atoms with Crippen LogP contribution in [0.5, 0.6) is 5.75 Å². The van der Waals surface area contributed by atoms with Crippen molar-refractivity contribution in [3.63, 3.8) is 0 Å². The second-order valence-corrected chi connectivity index (χ2v) is 6.56. The van der Waals surface area contributed by atoms with Crippen LogP contribution >= 0.6 is 11.6 Å². The molecule has 0 radical (unpaired) electrons. The molecule has 1 aliphatic rings. The standard InChI is InChI=1S/C17H24ClN3O3/c1-20(9-10-24-15-6-4-14(18)5-7-15)12-16(22)21-8-2-3-13(11-21)17(19)23/h4-7,13H,2-3,8-12H2,1H3,(H2,19,23). The molecule has 1 saturated heterocycles. The number of piperidine rings is 1. The number of carbonyl (C=O) groups excluding carboxylic acids is 2. The van der Waals surface area contributed by atoms with Crippen molar-refractivity contribution >= 4 is 23.4 Å². The number of amides is 2. The summed E-state index contributed by atoms with van der Waals surface area (Å²) in [6.07, 6.45) is 1.59. The molecule has 1 fully saturated rings. The van der Waals surface area contributed by atoms with Crippen LogP contribution in [0.1, 0.15) is 12.8 Å². The van der Waals surface area contributed by atoms with Crippen LogP contribution in [0.15, 0.2) is 24.3 Å². The van der Waals surface area contributed by atoms with Gasteiger partial charge in [0, 0.05) is 24.7 Å². The lowest BCUT2D eigenvalue weighted by Crippen LogP contribution is -2.47. The molecule has 0 bridgehead atoms. The number of rotatable bonds is 7. The van der Waals surface area contributed by atoms with Crippen LogP contribution in [0.3, 0.4) is 0 Å². The van der Waals surface area contributed by atoms with Crippen LogP contribution in [0, 0.1) is 5.92 Å². The number of halogens is 1. The van der Waals surface area contributed by atoms with Crippen molar-refractivity contribution in [3.8, 4) is 5.75 Å². The van der Waals surface area contributed by atoms with Gasteiger partial charge in [-0.2, -0.15) is 0 Å². The number of likely N-dealkylation sites (tertiary alicyclic amines) is 1. The monoisotopic (exact) mass is 353 g/mol. The largest absolute Gasteiger partial charge is 0.492 e. The van der Waals surface area contributed by atoms with E-state index in [4.69, 9.17) is 22.1 Å². The fraction of sp³-hybridized carbons (Fsp3) is 0.529. The molecular formula is C17H24ClN3O3. The van der Waals surface area contributed by atoms with Gasteiger partial charge < -0.3 is 15.4 Å². The maximum Gasteiger partial charge on any atom is 0.236 e. The highest BCUT2D eigenvalue weighted by Crippen LogP contribution is 2.17. The number of nitrogens with two attached hydrogens (primary N) is 1. The Bertz CT molecular complexity index is 565. The number of primary amides is 1. The van der Waals surface area contributed by atoms with E-state index in [0.717, 1.165) is 18.6 Å². The number of likely N-dealkylation sites (N-methyl/N-ethyl adjacent to an activating group) is 1. The summed E-state index contributed by atoms with van der Waals surface area (Å²) in [5, 5.41) is 0.667. The number of benzene rings is 1. The first-order valence-electron chi connectivity index (χ1n) is 8.09. The van der Waals surface area contributed by atoms with Crippen molar-refractivity contribution in [1.29, 1.82) is 0 Å². The number of nitrogens with zero attached hydrogens (tertiary/aromatic N) is 2. The van der Waals surface area contributed by atoms with Crippen LogP contribution in [0.2, 0.25) is 5.02 Å². The van der Waals surface area contributed by atoms with Gasteiger partial charge in [0.1, 0.15) is 12.4 Å². The molecule has 0 saturated carbocycles. The first-order chi connectivity index (χ1) is 11.5. The Morgan fingerprint density at radius 3 is 2.75 bits per heavy atom. The summed E-state index contributed by atoms with van der Waals surface area (Å²) in [5.74, 6) is 0.230. The molecular weight excluding hydrogens is 330 g/mol. The van der Waals surface area contributed by atoms with Gasteiger partial charge in [-0.05, 0) is 44.2 Å². The Hall–Kier alpha value is -1.79. The number of carbonyl (C=O) groups is 2. The molecule has 1 atom stereocenters. The van der Waals surface area contributed by atoms with E-state index >= 15 is 0 Å². The third-order valence-corrected chi connectivity index (χ3v) is 4.39. The molecule has 7 heteroatoms. The van der Waals surface area contributed by atoms with E-state index < -0.39 is 0 Å². The van der Waals surface area contributed by atoms with Crippen LogP contribution in [-0.2, 0) is 9.59 Å². The average molecular weight is 354 g/mol. The van der Waals surface area contributed by atoms with Crippen LogP contribution in [-0.4, -0.2) is 61.4 Å². The van der Waals surface area contributed by atoms with E-state index in [1.54, 1.807) is 17.0 Å². The molecule has 24 heavy (non-hydrogen) atoms. The molecule has 1 aliphatic heterocycles. The third kappa shape index (κ3) is 5.69. The lowest BCUT2D eigenvalue weighted by Gasteiger charge is -2.32. The minimum Gasteiger partial charge on any atom is -0.492 e. The third-order valence-electron chi connectivity index (χ3n) is 4.14. The Balaban J connectivity index is 1.71. The lowest BCUT2D eigenvalue weighted by molar-refractivity contribution is -0.135. The highest BCUT2D eigenvalue weighted by molar-refractivity contribution is 6.30. The predicted octanol–water partition coefficient (Wildman–Crippen LogP) is 1.37. The van der Waals surface area contributed by atoms with Gasteiger partial charge in [-0.25, -0.2) is 0 Å². The van der Waals surface area contributed by atoms with E-state index in [1.165, 1.54) is 0 Å². The first kappa shape index (κ1) is 18.5. The van der Waals surface area contributed by atoms with Gasteiger partial charge >= 0.3 is 0 Å². The zero-order valence-corrected chi connectivity index (χ0v) is 14.7. The van der Waals surface area contributed by atoms with Crippen molar-refractivity contribution in [2.75, 3.05) is 39.8 Å². The number of hydrogen-bond acceptors (Lipinski definition) is 4. The maximum absolute atomic E-state index is 12.3. The van der Waals surface area contributed by atoms with Gasteiger partial charge in [-0.1, -0.05) is 11.6 Å². The molecule has 0 spiro atoms. The Morgan fingerprint density at radius 2 is 2.08 bits per heavy atom. The summed E-state index contributed by atoms with van der Waals surface area (Å²) in [6, 6.07) is 7.17. The van der Waals surface area contributed by atoms with Crippen molar-refractivity contribution in [2.45, 2.75) is 12.8 Å². The molecule has 2 amide bonds. The van der Waals surface area contributed by atoms with Gasteiger partial charge in [-0.3, -0.25) is 14.5 Å². The molecule has 1 heterocycles. The molecule has 1 aromatic carbocycles.